The normalized spacial score (nSPS) is 18.5. The minimum atomic E-state index is -3.01. The summed E-state index contributed by atoms with van der Waals surface area (Å²) in [6.45, 7) is 3.76. The van der Waals surface area contributed by atoms with Gasteiger partial charge in [-0.15, -0.1) is 0 Å². The summed E-state index contributed by atoms with van der Waals surface area (Å²) >= 11 is 0. The molecule has 1 aliphatic rings. The molecule has 1 unspecified atom stereocenters. The molecule has 26 heavy (non-hydrogen) atoms. The van der Waals surface area contributed by atoms with Gasteiger partial charge < -0.3 is 10.2 Å². The van der Waals surface area contributed by atoms with Gasteiger partial charge in [0, 0.05) is 24.5 Å². The van der Waals surface area contributed by atoms with E-state index in [4.69, 9.17) is 0 Å². The van der Waals surface area contributed by atoms with Gasteiger partial charge in [0.05, 0.1) is 11.5 Å². The molecule has 2 aromatic rings. The van der Waals surface area contributed by atoms with E-state index in [1.807, 2.05) is 31.2 Å². The molecule has 0 aliphatic carbocycles. The smallest absolute Gasteiger partial charge is 0.274 e. The maximum absolute atomic E-state index is 12.5. The van der Waals surface area contributed by atoms with E-state index in [1.165, 1.54) is 0 Å². The second-order valence-electron chi connectivity index (χ2n) is 6.68. The molecule has 1 amide bonds. The number of benzene rings is 1. The summed E-state index contributed by atoms with van der Waals surface area (Å²) < 4.78 is 23.4. The molecule has 3 rings (SSSR count). The zero-order valence-electron chi connectivity index (χ0n) is 15.1. The average Bonchev–Trinajstić information content (AvgIpc) is 2.95. The van der Waals surface area contributed by atoms with Crippen molar-refractivity contribution in [3.8, 4) is 0 Å². The summed E-state index contributed by atoms with van der Waals surface area (Å²) in [6, 6.07) is 8.94. The summed E-state index contributed by atoms with van der Waals surface area (Å²) in [5.41, 5.74) is 2.70. The molecule has 0 radical (unpaired) electrons. The fraction of sp³-hybridized carbons (Fsp3) is 0.389. The summed E-state index contributed by atoms with van der Waals surface area (Å²) in [5, 5.41) is 2.82. The number of anilines is 2. The highest BCUT2D eigenvalue weighted by Crippen LogP contribution is 2.21. The lowest BCUT2D eigenvalue weighted by Gasteiger charge is -2.23. The molecule has 138 valence electrons. The standard InChI is InChI=1S/C18H22N4O3S/c1-12-4-6-14(7-5-12)20-17(23)16-10-13(2)19-18(21-16)22(3)15-8-9-26(24,25)11-15/h4-7,10,15H,8-9,11H2,1-3H3,(H,20,23). The number of carbonyl (C=O) groups is 1. The Morgan fingerprint density at radius 1 is 1.19 bits per heavy atom. The van der Waals surface area contributed by atoms with Crippen LogP contribution >= 0.6 is 0 Å². The van der Waals surface area contributed by atoms with Gasteiger partial charge in [-0.05, 0) is 38.5 Å². The van der Waals surface area contributed by atoms with Crippen molar-refractivity contribution in [1.82, 2.24) is 9.97 Å². The van der Waals surface area contributed by atoms with Gasteiger partial charge in [0.15, 0.2) is 9.84 Å². The highest BCUT2D eigenvalue weighted by atomic mass is 32.2. The van der Waals surface area contributed by atoms with E-state index in [9.17, 15) is 13.2 Å². The minimum Gasteiger partial charge on any atom is -0.340 e. The number of carbonyl (C=O) groups excluding carboxylic acids is 1. The van der Waals surface area contributed by atoms with Crippen LogP contribution in [-0.2, 0) is 9.84 Å². The number of hydrogen-bond donors (Lipinski definition) is 1. The number of amides is 1. The molecule has 8 heteroatoms. The van der Waals surface area contributed by atoms with Crippen molar-refractivity contribution in [2.75, 3.05) is 28.8 Å². The Kier molecular flexibility index (Phi) is 4.95. The van der Waals surface area contributed by atoms with Crippen LogP contribution in [0.1, 0.15) is 28.2 Å². The molecule has 2 heterocycles. The first-order chi connectivity index (χ1) is 12.2. The Morgan fingerprint density at radius 3 is 2.50 bits per heavy atom. The summed E-state index contributed by atoms with van der Waals surface area (Å²) in [5.74, 6) is 0.300. The van der Waals surface area contributed by atoms with Crippen molar-refractivity contribution in [3.05, 3.63) is 47.3 Å². The molecule has 0 bridgehead atoms. The van der Waals surface area contributed by atoms with Crippen LogP contribution in [0.4, 0.5) is 11.6 Å². The minimum absolute atomic E-state index is 0.0890. The van der Waals surface area contributed by atoms with E-state index in [-0.39, 0.29) is 29.1 Å². The second kappa shape index (κ2) is 7.03. The van der Waals surface area contributed by atoms with Crippen LogP contribution < -0.4 is 10.2 Å². The van der Waals surface area contributed by atoms with E-state index in [0.29, 0.717) is 23.8 Å². The van der Waals surface area contributed by atoms with Gasteiger partial charge in [0.25, 0.3) is 5.91 Å². The SMILES string of the molecule is Cc1ccc(NC(=O)c2cc(C)nc(N(C)C3CCS(=O)(=O)C3)n2)cc1. The summed E-state index contributed by atoms with van der Waals surface area (Å²) in [4.78, 5) is 23.0. The van der Waals surface area contributed by atoms with Crippen LogP contribution in [-0.4, -0.2) is 48.9 Å². The maximum Gasteiger partial charge on any atom is 0.274 e. The molecular weight excluding hydrogens is 352 g/mol. The van der Waals surface area contributed by atoms with Crippen LogP contribution in [0.15, 0.2) is 30.3 Å². The lowest BCUT2D eigenvalue weighted by atomic mass is 10.2. The summed E-state index contributed by atoms with van der Waals surface area (Å²) in [7, 11) is -1.24. The Bertz CT molecular complexity index is 926. The molecule has 0 spiro atoms. The third kappa shape index (κ3) is 4.19. The third-order valence-electron chi connectivity index (χ3n) is 4.46. The zero-order valence-corrected chi connectivity index (χ0v) is 15.9. The molecule has 1 atom stereocenters. The number of aromatic nitrogens is 2. The fourth-order valence-electron chi connectivity index (χ4n) is 2.90. The van der Waals surface area contributed by atoms with Gasteiger partial charge in [0.1, 0.15) is 5.69 Å². The third-order valence-corrected chi connectivity index (χ3v) is 6.21. The monoisotopic (exact) mass is 374 g/mol. The van der Waals surface area contributed by atoms with Crippen molar-refractivity contribution in [1.29, 1.82) is 0 Å². The van der Waals surface area contributed by atoms with Gasteiger partial charge in [-0.25, -0.2) is 18.4 Å². The first-order valence-electron chi connectivity index (χ1n) is 8.40. The molecule has 0 saturated carbocycles. The number of aryl methyl sites for hydroxylation is 2. The Balaban J connectivity index is 1.80. The molecule has 1 N–H and O–H groups in total. The van der Waals surface area contributed by atoms with Crippen molar-refractivity contribution >= 4 is 27.4 Å². The molecule has 1 aliphatic heterocycles. The van der Waals surface area contributed by atoms with Gasteiger partial charge in [-0.3, -0.25) is 4.79 Å². The zero-order chi connectivity index (χ0) is 18.9. The number of nitrogens with one attached hydrogen (secondary N) is 1. The average molecular weight is 374 g/mol. The molecule has 1 aromatic heterocycles. The lowest BCUT2D eigenvalue weighted by Crippen LogP contribution is -2.34. The first kappa shape index (κ1) is 18.3. The first-order valence-corrected chi connectivity index (χ1v) is 10.2. The molecule has 7 nitrogen and oxygen atoms in total. The fourth-order valence-corrected chi connectivity index (χ4v) is 4.68. The van der Waals surface area contributed by atoms with E-state index in [0.717, 1.165) is 5.56 Å². The van der Waals surface area contributed by atoms with E-state index >= 15 is 0 Å². The predicted octanol–water partition coefficient (Wildman–Crippen LogP) is 1.97. The second-order valence-corrected chi connectivity index (χ2v) is 8.91. The van der Waals surface area contributed by atoms with Crippen molar-refractivity contribution < 1.29 is 13.2 Å². The molecule has 1 fully saturated rings. The van der Waals surface area contributed by atoms with Crippen LogP contribution in [0.3, 0.4) is 0 Å². The number of nitrogens with zero attached hydrogens (tertiary/aromatic N) is 3. The lowest BCUT2D eigenvalue weighted by molar-refractivity contribution is 0.102. The highest BCUT2D eigenvalue weighted by Gasteiger charge is 2.32. The number of sulfone groups is 1. The topological polar surface area (TPSA) is 92.3 Å². The van der Waals surface area contributed by atoms with E-state index in [2.05, 4.69) is 15.3 Å². The molecule has 1 saturated heterocycles. The van der Waals surface area contributed by atoms with E-state index in [1.54, 1.807) is 24.9 Å². The van der Waals surface area contributed by atoms with Crippen LogP contribution in [0.2, 0.25) is 0 Å². The van der Waals surface area contributed by atoms with Gasteiger partial charge in [-0.1, -0.05) is 17.7 Å². The van der Waals surface area contributed by atoms with Crippen LogP contribution in [0.25, 0.3) is 0 Å². The quantitative estimate of drug-likeness (QED) is 0.880. The van der Waals surface area contributed by atoms with Crippen molar-refractivity contribution in [3.63, 3.8) is 0 Å². The Labute approximate surface area is 153 Å². The van der Waals surface area contributed by atoms with Crippen molar-refractivity contribution in [2.45, 2.75) is 26.3 Å². The number of hydrogen-bond acceptors (Lipinski definition) is 6. The van der Waals surface area contributed by atoms with Gasteiger partial charge >= 0.3 is 0 Å². The Morgan fingerprint density at radius 2 is 1.88 bits per heavy atom. The van der Waals surface area contributed by atoms with Gasteiger partial charge in [-0.2, -0.15) is 0 Å². The maximum atomic E-state index is 12.5. The van der Waals surface area contributed by atoms with Crippen molar-refractivity contribution in [2.24, 2.45) is 0 Å². The highest BCUT2D eigenvalue weighted by molar-refractivity contribution is 7.91. The molecule has 1 aromatic carbocycles. The van der Waals surface area contributed by atoms with Gasteiger partial charge in [0.2, 0.25) is 5.95 Å². The largest absolute Gasteiger partial charge is 0.340 e. The Hall–Kier alpha value is -2.48. The summed E-state index contributed by atoms with van der Waals surface area (Å²) in [6.07, 6.45) is 0.543. The predicted molar refractivity (Wildman–Crippen MR) is 101 cm³/mol. The number of rotatable bonds is 4. The molecular formula is C18H22N4O3S. The van der Waals surface area contributed by atoms with E-state index < -0.39 is 9.84 Å². The van der Waals surface area contributed by atoms with Crippen LogP contribution in [0.5, 0.6) is 0 Å². The van der Waals surface area contributed by atoms with Crippen LogP contribution in [0, 0.1) is 13.8 Å².